The standard InChI is InChI=1S/C30H38O6/c1-16-7-9-22(34-26(16)33)17(2)19-11-12-28(5)20-8-10-23-27(3,4)35-24-13-25(32)36-30(23,24)14-18(20)21(31)15-29(19,28)6/h7-8,10,17,19,22-24H,9,11-15H2,1-6H3. The van der Waals surface area contributed by atoms with Crippen LogP contribution in [0.25, 0.3) is 0 Å². The highest BCUT2D eigenvalue weighted by Crippen LogP contribution is 2.68. The second-order valence-electron chi connectivity index (χ2n) is 13.2. The molecule has 3 aliphatic heterocycles. The molecule has 1 saturated carbocycles. The van der Waals surface area contributed by atoms with Crippen LogP contribution < -0.4 is 0 Å². The lowest BCUT2D eigenvalue weighted by atomic mass is 9.52. The third-order valence-electron chi connectivity index (χ3n) is 11.1. The molecular weight excluding hydrogens is 456 g/mol. The maximum absolute atomic E-state index is 14.0. The minimum absolute atomic E-state index is 0.109. The lowest BCUT2D eigenvalue weighted by Crippen LogP contribution is -2.49. The number of carbonyl (C=O) groups excluding carboxylic acids is 3. The Kier molecular flexibility index (Phi) is 4.98. The maximum atomic E-state index is 14.0. The summed E-state index contributed by atoms with van der Waals surface area (Å²) in [6, 6.07) is 0. The molecule has 3 heterocycles. The Hall–Kier alpha value is -2.21. The topological polar surface area (TPSA) is 78.9 Å². The summed E-state index contributed by atoms with van der Waals surface area (Å²) in [7, 11) is 0. The molecule has 0 bridgehead atoms. The number of ether oxygens (including phenoxy) is 3. The molecule has 8 atom stereocenters. The van der Waals surface area contributed by atoms with Crippen molar-refractivity contribution in [2.24, 2.45) is 28.6 Å². The van der Waals surface area contributed by atoms with Crippen molar-refractivity contribution >= 4 is 17.7 Å². The Morgan fingerprint density at radius 3 is 2.56 bits per heavy atom. The number of esters is 2. The second-order valence-corrected chi connectivity index (χ2v) is 13.2. The highest BCUT2D eigenvalue weighted by atomic mass is 16.6. The summed E-state index contributed by atoms with van der Waals surface area (Å²) in [5, 5.41) is 0. The third kappa shape index (κ3) is 2.97. The highest BCUT2D eigenvalue weighted by Gasteiger charge is 2.68. The first kappa shape index (κ1) is 24.1. The molecule has 0 aromatic carbocycles. The Morgan fingerprint density at radius 2 is 1.83 bits per heavy atom. The first-order valence-electron chi connectivity index (χ1n) is 13.5. The molecule has 6 rings (SSSR count). The third-order valence-corrected chi connectivity index (χ3v) is 11.1. The van der Waals surface area contributed by atoms with E-state index in [0.717, 1.165) is 30.4 Å². The minimum Gasteiger partial charge on any atom is -0.458 e. The zero-order valence-electron chi connectivity index (χ0n) is 22.3. The number of hydrogen-bond acceptors (Lipinski definition) is 6. The van der Waals surface area contributed by atoms with E-state index in [-0.39, 0.29) is 64.9 Å². The summed E-state index contributed by atoms with van der Waals surface area (Å²) < 4.78 is 18.2. The van der Waals surface area contributed by atoms with Crippen LogP contribution in [0.5, 0.6) is 0 Å². The fraction of sp³-hybridized carbons (Fsp3) is 0.700. The molecule has 0 amide bonds. The van der Waals surface area contributed by atoms with Gasteiger partial charge in [0.1, 0.15) is 12.2 Å². The predicted octanol–water partition coefficient (Wildman–Crippen LogP) is 5.02. The average molecular weight is 495 g/mol. The minimum atomic E-state index is -0.806. The Morgan fingerprint density at radius 1 is 1.08 bits per heavy atom. The Balaban J connectivity index is 1.39. The van der Waals surface area contributed by atoms with Crippen molar-refractivity contribution in [2.45, 2.75) is 103 Å². The molecule has 8 unspecified atom stereocenters. The van der Waals surface area contributed by atoms with Gasteiger partial charge in [-0.2, -0.15) is 0 Å². The first-order valence-corrected chi connectivity index (χ1v) is 13.5. The van der Waals surface area contributed by atoms with E-state index in [9.17, 15) is 14.4 Å². The van der Waals surface area contributed by atoms with Crippen LogP contribution in [0.15, 0.2) is 34.9 Å². The average Bonchev–Trinajstić information content (AvgIpc) is 3.23. The zero-order chi connectivity index (χ0) is 25.8. The summed E-state index contributed by atoms with van der Waals surface area (Å²) in [5.74, 6) is 0.000607. The number of hydrogen-bond donors (Lipinski definition) is 0. The summed E-state index contributed by atoms with van der Waals surface area (Å²) >= 11 is 0. The van der Waals surface area contributed by atoms with Gasteiger partial charge in [0.25, 0.3) is 0 Å². The fourth-order valence-electron chi connectivity index (χ4n) is 8.91. The fourth-order valence-corrected chi connectivity index (χ4v) is 8.91. The van der Waals surface area contributed by atoms with E-state index in [0.29, 0.717) is 18.4 Å². The zero-order valence-corrected chi connectivity index (χ0v) is 22.3. The molecule has 6 nitrogen and oxygen atoms in total. The Bertz CT molecular complexity index is 1160. The van der Waals surface area contributed by atoms with Crippen molar-refractivity contribution in [3.8, 4) is 0 Å². The van der Waals surface area contributed by atoms with Crippen molar-refractivity contribution in [2.75, 3.05) is 0 Å². The monoisotopic (exact) mass is 494 g/mol. The predicted molar refractivity (Wildman–Crippen MR) is 133 cm³/mol. The van der Waals surface area contributed by atoms with Crippen LogP contribution in [0.3, 0.4) is 0 Å². The van der Waals surface area contributed by atoms with E-state index in [1.807, 2.05) is 6.08 Å². The van der Waals surface area contributed by atoms with Crippen LogP contribution in [0.2, 0.25) is 0 Å². The number of Topliss-reactive ketones (excluding diaryl/α,β-unsaturated/α-hetero) is 1. The molecule has 0 aromatic rings. The van der Waals surface area contributed by atoms with Crippen LogP contribution in [0.4, 0.5) is 0 Å². The van der Waals surface area contributed by atoms with Gasteiger partial charge in [-0.05, 0) is 61.9 Å². The highest BCUT2D eigenvalue weighted by molar-refractivity contribution is 5.99. The van der Waals surface area contributed by atoms with Gasteiger partial charge in [0.15, 0.2) is 11.4 Å². The molecule has 0 radical (unpaired) electrons. The lowest BCUT2D eigenvalue weighted by Gasteiger charge is -2.51. The van der Waals surface area contributed by atoms with Gasteiger partial charge in [-0.25, -0.2) is 4.79 Å². The van der Waals surface area contributed by atoms with Crippen LogP contribution in [0, 0.1) is 28.6 Å². The number of ketones is 1. The molecule has 6 heteroatoms. The van der Waals surface area contributed by atoms with Crippen molar-refractivity contribution in [1.29, 1.82) is 0 Å². The van der Waals surface area contributed by atoms with Gasteiger partial charge in [0, 0.05) is 36.3 Å². The molecule has 3 aliphatic carbocycles. The molecule has 0 aromatic heterocycles. The van der Waals surface area contributed by atoms with Gasteiger partial charge >= 0.3 is 11.9 Å². The largest absolute Gasteiger partial charge is 0.458 e. The van der Waals surface area contributed by atoms with E-state index < -0.39 is 11.2 Å². The van der Waals surface area contributed by atoms with Crippen LogP contribution in [-0.2, 0) is 28.6 Å². The number of fused-ring (bicyclic) bond motifs is 2. The van der Waals surface area contributed by atoms with E-state index >= 15 is 0 Å². The van der Waals surface area contributed by atoms with Gasteiger partial charge in [-0.3, -0.25) is 9.59 Å². The quantitative estimate of drug-likeness (QED) is 0.502. The molecular formula is C30H38O6. The van der Waals surface area contributed by atoms with E-state index in [1.54, 1.807) is 6.92 Å². The van der Waals surface area contributed by atoms with Gasteiger partial charge in [0.05, 0.1) is 12.0 Å². The maximum Gasteiger partial charge on any atom is 0.333 e. The van der Waals surface area contributed by atoms with Crippen LogP contribution >= 0.6 is 0 Å². The summed E-state index contributed by atoms with van der Waals surface area (Å²) in [4.78, 5) is 38.7. The summed E-state index contributed by atoms with van der Waals surface area (Å²) in [6.45, 7) is 12.7. The van der Waals surface area contributed by atoms with Gasteiger partial charge in [-0.1, -0.05) is 39.0 Å². The molecule has 1 spiro atoms. The molecule has 2 saturated heterocycles. The first-order chi connectivity index (χ1) is 16.8. The van der Waals surface area contributed by atoms with Gasteiger partial charge < -0.3 is 14.2 Å². The van der Waals surface area contributed by atoms with Crippen molar-refractivity contribution < 1.29 is 28.6 Å². The van der Waals surface area contributed by atoms with E-state index in [2.05, 4.69) is 46.8 Å². The van der Waals surface area contributed by atoms with Crippen LogP contribution in [0.1, 0.15) is 80.1 Å². The molecule has 6 aliphatic rings. The van der Waals surface area contributed by atoms with E-state index in [4.69, 9.17) is 14.2 Å². The normalized spacial score (nSPS) is 45.7. The van der Waals surface area contributed by atoms with Gasteiger partial charge in [-0.15, -0.1) is 0 Å². The SMILES string of the molecule is CC1=CCC(C(C)C2CCC3(C)C4=C(CC56OC(=O)CC5OC(C)(C)C6C=C4)C(=O)CC23C)OC1=O. The van der Waals surface area contributed by atoms with Crippen molar-refractivity contribution in [3.63, 3.8) is 0 Å². The summed E-state index contributed by atoms with van der Waals surface area (Å²) in [5.41, 5.74) is 0.903. The molecule has 36 heavy (non-hydrogen) atoms. The summed E-state index contributed by atoms with van der Waals surface area (Å²) in [6.07, 6.45) is 9.67. The smallest absolute Gasteiger partial charge is 0.333 e. The number of carbonyl (C=O) groups is 3. The van der Waals surface area contributed by atoms with Crippen molar-refractivity contribution in [3.05, 3.63) is 34.9 Å². The molecule has 3 fully saturated rings. The Labute approximate surface area is 213 Å². The molecule has 194 valence electrons. The molecule has 0 N–H and O–H groups in total. The van der Waals surface area contributed by atoms with Crippen molar-refractivity contribution in [1.82, 2.24) is 0 Å². The van der Waals surface area contributed by atoms with Gasteiger partial charge in [0.2, 0.25) is 0 Å². The van der Waals surface area contributed by atoms with E-state index in [1.165, 1.54) is 0 Å². The number of allylic oxidation sites excluding steroid dienone is 2. The second kappa shape index (κ2) is 7.43. The van der Waals surface area contributed by atoms with Crippen LogP contribution in [-0.4, -0.2) is 41.1 Å². The number of cyclic esters (lactones) is 1. The number of rotatable bonds is 2. The lowest BCUT2D eigenvalue weighted by molar-refractivity contribution is -0.151.